The zero-order valence-electron chi connectivity index (χ0n) is 19.2. The molecule has 0 unspecified atom stereocenters. The van der Waals surface area contributed by atoms with Gasteiger partial charge in [0.05, 0.1) is 16.8 Å². The van der Waals surface area contributed by atoms with Crippen molar-refractivity contribution in [2.24, 2.45) is 4.99 Å². The highest BCUT2D eigenvalue weighted by molar-refractivity contribution is 6.56. The summed E-state index contributed by atoms with van der Waals surface area (Å²) >= 11 is 0. The van der Waals surface area contributed by atoms with Crippen LogP contribution in [-0.2, 0) is 0 Å². The van der Waals surface area contributed by atoms with Crippen molar-refractivity contribution in [3.05, 3.63) is 126 Å². The van der Waals surface area contributed by atoms with E-state index in [1.807, 2.05) is 97.1 Å². The summed E-state index contributed by atoms with van der Waals surface area (Å²) in [7, 11) is 0. The van der Waals surface area contributed by atoms with Crippen LogP contribution in [0.15, 0.2) is 114 Å². The highest BCUT2D eigenvalue weighted by Gasteiger charge is 2.50. The van der Waals surface area contributed by atoms with Crippen LogP contribution in [0.2, 0.25) is 0 Å². The van der Waals surface area contributed by atoms with E-state index in [2.05, 4.69) is 0 Å². The maximum Gasteiger partial charge on any atom is 0.642 e. The predicted octanol–water partition coefficient (Wildman–Crippen LogP) is 5.61. The molecule has 3 nitrogen and oxygen atoms in total. The van der Waals surface area contributed by atoms with Crippen LogP contribution in [0.3, 0.4) is 0 Å². The van der Waals surface area contributed by atoms with Crippen molar-refractivity contribution in [3.8, 4) is 33.5 Å². The number of allylic oxidation sites excluding steroid dienone is 3. The number of rotatable bonds is 2. The van der Waals surface area contributed by atoms with E-state index in [-0.39, 0.29) is 11.3 Å². The fourth-order valence-corrected chi connectivity index (χ4v) is 5.47. The van der Waals surface area contributed by atoms with Crippen molar-refractivity contribution in [1.82, 2.24) is 4.48 Å². The van der Waals surface area contributed by atoms with Gasteiger partial charge in [-0.25, -0.2) is 0 Å². The Morgan fingerprint density at radius 1 is 0.694 bits per heavy atom. The Balaban J connectivity index is 1.70. The molecule has 0 N–H and O–H groups in total. The third kappa shape index (κ3) is 2.84. The molecule has 0 atom stereocenters. The van der Waals surface area contributed by atoms with Crippen LogP contribution in [0.4, 0.5) is 14.4 Å². The second-order valence-corrected chi connectivity index (χ2v) is 8.99. The Morgan fingerprint density at radius 3 is 2.06 bits per heavy atom. The molecule has 36 heavy (non-hydrogen) atoms. The number of benzene rings is 2. The van der Waals surface area contributed by atoms with Crippen molar-refractivity contribution >= 4 is 24.9 Å². The Bertz CT molecular complexity index is 1800. The second-order valence-electron chi connectivity index (χ2n) is 8.99. The maximum atomic E-state index is 16.9. The van der Waals surface area contributed by atoms with E-state index in [0.29, 0.717) is 22.2 Å². The molecule has 2 aliphatic heterocycles. The van der Waals surface area contributed by atoms with Crippen molar-refractivity contribution < 1.29 is 13.1 Å². The lowest BCUT2D eigenvalue weighted by Crippen LogP contribution is -2.70. The fraction of sp³-hybridized carbons (Fsp3) is 0. The molecule has 2 aliphatic carbocycles. The lowest BCUT2D eigenvalue weighted by atomic mass is 9.94. The van der Waals surface area contributed by atoms with Crippen molar-refractivity contribution in [2.45, 2.75) is 0 Å². The van der Waals surface area contributed by atoms with Gasteiger partial charge in [0.25, 0.3) is 5.82 Å². The first-order valence-electron chi connectivity index (χ1n) is 11.9. The van der Waals surface area contributed by atoms with Gasteiger partial charge < -0.3 is 17.6 Å². The summed E-state index contributed by atoms with van der Waals surface area (Å²) in [6, 6.07) is 28.5. The minimum atomic E-state index is -4.26. The van der Waals surface area contributed by atoms with E-state index in [1.165, 1.54) is 0 Å². The number of nitrogens with zero attached hydrogens (tertiary/aromatic N) is 3. The molecule has 6 heteroatoms. The summed E-state index contributed by atoms with van der Waals surface area (Å²) in [6.45, 7) is -4.26. The molecule has 7 rings (SSSR count). The lowest BCUT2D eigenvalue weighted by Gasteiger charge is -2.26. The van der Waals surface area contributed by atoms with Crippen LogP contribution < -0.4 is 15.3 Å². The van der Waals surface area contributed by atoms with Gasteiger partial charge in [-0.15, -0.1) is 0 Å². The zero-order chi connectivity index (χ0) is 24.3. The van der Waals surface area contributed by atoms with E-state index in [0.717, 1.165) is 31.2 Å². The quantitative estimate of drug-likeness (QED) is 0.299. The number of hydrogen-bond donors (Lipinski definition) is 0. The SMILES string of the molecule is F[B-]1(F)n2c3c(c(-c4ccccc4)c2=Nc2c(-c4ccccc4)c4cccccc-4[n+]21)C=CC=CC=3. The minimum Gasteiger partial charge on any atom is -0.414 e. The molecule has 2 aromatic carbocycles. The summed E-state index contributed by atoms with van der Waals surface area (Å²) in [5, 5.41) is 0.455. The number of halogens is 2. The Labute approximate surface area is 206 Å². The van der Waals surface area contributed by atoms with Gasteiger partial charge >= 0.3 is 6.97 Å². The third-order valence-corrected chi connectivity index (χ3v) is 6.95. The van der Waals surface area contributed by atoms with Gasteiger partial charge in [0.2, 0.25) is 5.49 Å². The first-order valence-corrected chi connectivity index (χ1v) is 11.9. The molecule has 0 amide bonds. The molecule has 172 valence electrons. The largest absolute Gasteiger partial charge is 0.642 e. The summed E-state index contributed by atoms with van der Waals surface area (Å²) in [5.74, 6) is 0.282. The Hall–Kier alpha value is -4.58. The molecule has 0 radical (unpaired) electrons. The average Bonchev–Trinajstić information content (AvgIpc) is 3.12. The van der Waals surface area contributed by atoms with Gasteiger partial charge in [-0.05, 0) is 34.3 Å². The third-order valence-electron chi connectivity index (χ3n) is 6.95. The number of hydrogen-bond acceptors (Lipinski definition) is 1. The highest BCUT2D eigenvalue weighted by Crippen LogP contribution is 2.42. The summed E-state index contributed by atoms with van der Waals surface area (Å²) in [5.41, 5.74) is 5.36. The average molecular weight is 471 g/mol. The molecular formula is C30H20BF2N3. The number of fused-ring (bicyclic) bond motifs is 6. The smallest absolute Gasteiger partial charge is 0.414 e. The molecule has 0 fully saturated rings. The van der Waals surface area contributed by atoms with E-state index < -0.39 is 6.97 Å². The molecule has 4 aliphatic rings. The molecular weight excluding hydrogens is 451 g/mol. The topological polar surface area (TPSA) is 21.2 Å². The number of aromatic nitrogens is 2. The Kier molecular flexibility index (Phi) is 4.45. The van der Waals surface area contributed by atoms with Crippen LogP contribution >= 0.6 is 0 Å². The zero-order valence-corrected chi connectivity index (χ0v) is 19.2. The summed E-state index contributed by atoms with van der Waals surface area (Å²) in [6.07, 6.45) is 9.20. The molecule has 0 saturated carbocycles. The molecule has 0 bridgehead atoms. The van der Waals surface area contributed by atoms with Gasteiger partial charge in [-0.3, -0.25) is 0 Å². The summed E-state index contributed by atoms with van der Waals surface area (Å²) in [4.78, 5) is 5.03. The van der Waals surface area contributed by atoms with Crippen LogP contribution in [0.25, 0.3) is 45.7 Å². The van der Waals surface area contributed by atoms with Crippen LogP contribution in [0.1, 0.15) is 5.56 Å². The van der Waals surface area contributed by atoms with Gasteiger partial charge in [-0.2, -0.15) is 0 Å². The van der Waals surface area contributed by atoms with Crippen molar-refractivity contribution in [2.75, 3.05) is 0 Å². The van der Waals surface area contributed by atoms with Gasteiger partial charge in [-0.1, -0.05) is 103 Å². The maximum absolute atomic E-state index is 16.9. The van der Waals surface area contributed by atoms with E-state index in [4.69, 9.17) is 4.99 Å². The standard InChI is InChI=1S/C30H20BF2N3/c32-31(33)35-25-19-11-3-9-17-23(25)27(21-13-5-1-6-14-21)29(35)34-30-28(22-15-7-2-8-16-22)24-18-10-4-12-20-26(24)36(30)31/h1-20H. The molecule has 1 aromatic heterocycles. The fourth-order valence-electron chi connectivity index (χ4n) is 5.47. The van der Waals surface area contributed by atoms with Crippen molar-refractivity contribution in [3.63, 3.8) is 0 Å². The molecule has 0 spiro atoms. The van der Waals surface area contributed by atoms with Crippen LogP contribution in [-0.4, -0.2) is 11.4 Å². The normalized spacial score (nSPS) is 14.8. The predicted molar refractivity (Wildman–Crippen MR) is 140 cm³/mol. The molecule has 0 saturated heterocycles. The van der Waals surface area contributed by atoms with E-state index in [9.17, 15) is 0 Å². The van der Waals surface area contributed by atoms with E-state index >= 15 is 8.63 Å². The second kappa shape index (κ2) is 7.72. The monoisotopic (exact) mass is 471 g/mol. The van der Waals surface area contributed by atoms with E-state index in [1.54, 1.807) is 24.3 Å². The lowest BCUT2D eigenvalue weighted by molar-refractivity contribution is -0.541. The van der Waals surface area contributed by atoms with Crippen LogP contribution in [0, 0.1) is 0 Å². The molecule has 3 aromatic rings. The molecule has 3 heterocycles. The minimum absolute atomic E-state index is 0.282. The van der Waals surface area contributed by atoms with Gasteiger partial charge in [0.15, 0.2) is 0 Å². The summed E-state index contributed by atoms with van der Waals surface area (Å²) < 4.78 is 36.1. The Morgan fingerprint density at radius 2 is 1.33 bits per heavy atom. The highest BCUT2D eigenvalue weighted by atomic mass is 19.2. The first kappa shape index (κ1) is 20.8. The first-order chi connectivity index (χ1) is 17.7. The van der Waals surface area contributed by atoms with Crippen LogP contribution in [0.5, 0.6) is 0 Å². The van der Waals surface area contributed by atoms with Gasteiger partial charge in [0, 0.05) is 16.5 Å². The van der Waals surface area contributed by atoms with Gasteiger partial charge in [0.1, 0.15) is 0 Å². The van der Waals surface area contributed by atoms with Crippen molar-refractivity contribution in [1.29, 1.82) is 0 Å².